The predicted octanol–water partition coefficient (Wildman–Crippen LogP) is 5.63. The largest absolute Gasteiger partial charge is 0.497 e. The molecule has 4 heterocycles. The SMILES string of the molecule is COc1cc(Nc2nc(Nc3ccn4ccnc4c3)cc(N3CCCCC3)n2)cc(C(F)(F)F)c1. The smallest absolute Gasteiger partial charge is 0.416 e. The first kappa shape index (κ1) is 22.8. The van der Waals surface area contributed by atoms with Crippen LogP contribution < -0.4 is 20.3 Å². The fourth-order valence-corrected chi connectivity index (χ4v) is 4.06. The quantitative estimate of drug-likeness (QED) is 0.368. The molecule has 11 heteroatoms. The summed E-state index contributed by atoms with van der Waals surface area (Å²) in [7, 11) is 1.32. The fraction of sp³-hybridized carbons (Fsp3) is 0.292. The highest BCUT2D eigenvalue weighted by Crippen LogP contribution is 2.35. The molecule has 0 bridgehead atoms. The van der Waals surface area contributed by atoms with Gasteiger partial charge >= 0.3 is 6.18 Å². The monoisotopic (exact) mass is 483 g/mol. The zero-order chi connectivity index (χ0) is 24.4. The maximum Gasteiger partial charge on any atom is 0.416 e. The summed E-state index contributed by atoms with van der Waals surface area (Å²) in [6, 6.07) is 9.06. The molecule has 8 nitrogen and oxygen atoms in total. The average molecular weight is 483 g/mol. The molecule has 182 valence electrons. The van der Waals surface area contributed by atoms with E-state index in [9.17, 15) is 13.2 Å². The number of halogens is 3. The Bertz CT molecular complexity index is 1330. The van der Waals surface area contributed by atoms with E-state index in [4.69, 9.17) is 4.74 Å². The van der Waals surface area contributed by atoms with E-state index in [1.165, 1.54) is 13.2 Å². The van der Waals surface area contributed by atoms with Crippen LogP contribution in [-0.2, 0) is 6.18 Å². The van der Waals surface area contributed by atoms with Gasteiger partial charge in [-0.15, -0.1) is 0 Å². The molecule has 0 spiro atoms. The van der Waals surface area contributed by atoms with Gasteiger partial charge in [-0.3, -0.25) is 0 Å². The van der Waals surface area contributed by atoms with Crippen molar-refractivity contribution < 1.29 is 17.9 Å². The van der Waals surface area contributed by atoms with E-state index in [1.54, 1.807) is 6.20 Å². The predicted molar refractivity (Wildman–Crippen MR) is 128 cm³/mol. The first-order valence-corrected chi connectivity index (χ1v) is 11.2. The molecule has 2 N–H and O–H groups in total. The molecular formula is C24H24F3N7O. The highest BCUT2D eigenvalue weighted by Gasteiger charge is 2.31. The van der Waals surface area contributed by atoms with Gasteiger partial charge in [-0.2, -0.15) is 23.1 Å². The van der Waals surface area contributed by atoms with Crippen molar-refractivity contribution in [2.75, 3.05) is 35.7 Å². The van der Waals surface area contributed by atoms with Crippen LogP contribution in [0.25, 0.3) is 5.65 Å². The van der Waals surface area contributed by atoms with E-state index in [0.29, 0.717) is 11.6 Å². The second-order valence-electron chi connectivity index (χ2n) is 8.29. The number of piperidine rings is 1. The first-order chi connectivity index (χ1) is 16.9. The molecular weight excluding hydrogens is 459 g/mol. The lowest BCUT2D eigenvalue weighted by molar-refractivity contribution is -0.137. The lowest BCUT2D eigenvalue weighted by Crippen LogP contribution is -2.30. The van der Waals surface area contributed by atoms with E-state index >= 15 is 0 Å². The van der Waals surface area contributed by atoms with Crippen molar-refractivity contribution in [3.05, 3.63) is 60.6 Å². The number of aromatic nitrogens is 4. The summed E-state index contributed by atoms with van der Waals surface area (Å²) in [5.74, 6) is 1.48. The summed E-state index contributed by atoms with van der Waals surface area (Å²) in [5, 5.41) is 6.21. The lowest BCUT2D eigenvalue weighted by atomic mass is 10.1. The summed E-state index contributed by atoms with van der Waals surface area (Å²) in [6.45, 7) is 1.71. The lowest BCUT2D eigenvalue weighted by Gasteiger charge is -2.28. The number of anilines is 5. The Morgan fingerprint density at radius 3 is 2.51 bits per heavy atom. The number of nitrogens with one attached hydrogen (secondary N) is 2. The standard InChI is InChI=1S/C24H24F3N7O/c1-35-19-12-16(24(25,26)27)11-18(13-19)30-23-31-20(15-22(32-23)33-7-3-2-4-8-33)29-17-5-9-34-10-6-28-21(34)14-17/h5-6,9-15H,2-4,7-8H2,1H3,(H2,29,30,31,32). The molecule has 1 aliphatic heterocycles. The molecule has 4 aromatic rings. The minimum absolute atomic E-state index is 0.0841. The van der Waals surface area contributed by atoms with Crippen molar-refractivity contribution in [2.24, 2.45) is 0 Å². The van der Waals surface area contributed by atoms with Gasteiger partial charge in [0.2, 0.25) is 5.95 Å². The molecule has 0 atom stereocenters. The van der Waals surface area contributed by atoms with Gasteiger partial charge in [-0.1, -0.05) is 0 Å². The molecule has 0 radical (unpaired) electrons. The van der Waals surface area contributed by atoms with Gasteiger partial charge in [0.1, 0.15) is 23.0 Å². The Kier molecular flexibility index (Phi) is 6.06. The van der Waals surface area contributed by atoms with E-state index < -0.39 is 11.7 Å². The Morgan fingerprint density at radius 2 is 1.74 bits per heavy atom. The van der Waals surface area contributed by atoms with Crippen LogP contribution in [0.15, 0.2) is 55.0 Å². The average Bonchev–Trinajstić information content (AvgIpc) is 3.31. The van der Waals surface area contributed by atoms with Crippen LogP contribution >= 0.6 is 0 Å². The van der Waals surface area contributed by atoms with E-state index in [-0.39, 0.29) is 17.4 Å². The van der Waals surface area contributed by atoms with Crippen LogP contribution in [-0.4, -0.2) is 39.6 Å². The molecule has 35 heavy (non-hydrogen) atoms. The van der Waals surface area contributed by atoms with Crippen molar-refractivity contribution in [1.29, 1.82) is 0 Å². The Labute approximate surface area is 199 Å². The normalized spacial score (nSPS) is 14.2. The third-order valence-electron chi connectivity index (χ3n) is 5.79. The third-order valence-corrected chi connectivity index (χ3v) is 5.79. The van der Waals surface area contributed by atoms with Crippen molar-refractivity contribution in [3.8, 4) is 5.75 Å². The molecule has 3 aromatic heterocycles. The number of hydrogen-bond acceptors (Lipinski definition) is 7. The highest BCUT2D eigenvalue weighted by molar-refractivity contribution is 5.67. The van der Waals surface area contributed by atoms with Gasteiger partial charge in [0.25, 0.3) is 0 Å². The Morgan fingerprint density at radius 1 is 0.914 bits per heavy atom. The zero-order valence-electron chi connectivity index (χ0n) is 19.0. The fourth-order valence-electron chi connectivity index (χ4n) is 4.06. The molecule has 1 aromatic carbocycles. The molecule has 0 amide bonds. The van der Waals surface area contributed by atoms with Crippen molar-refractivity contribution in [2.45, 2.75) is 25.4 Å². The summed E-state index contributed by atoms with van der Waals surface area (Å²) >= 11 is 0. The number of imidazole rings is 1. The molecule has 1 fully saturated rings. The van der Waals surface area contributed by atoms with Gasteiger partial charge in [-0.05, 0) is 37.5 Å². The molecule has 0 saturated carbocycles. The second kappa shape index (κ2) is 9.32. The molecule has 0 aliphatic carbocycles. The number of fused-ring (bicyclic) bond motifs is 1. The number of hydrogen-bond donors (Lipinski definition) is 2. The summed E-state index contributed by atoms with van der Waals surface area (Å²) in [4.78, 5) is 15.6. The number of benzene rings is 1. The number of methoxy groups -OCH3 is 1. The third kappa shape index (κ3) is 5.23. The number of nitrogens with zero attached hydrogens (tertiary/aromatic N) is 5. The van der Waals surface area contributed by atoms with Crippen LogP contribution in [0.4, 0.5) is 42.1 Å². The minimum Gasteiger partial charge on any atom is -0.497 e. The highest BCUT2D eigenvalue weighted by atomic mass is 19.4. The maximum absolute atomic E-state index is 13.4. The number of rotatable bonds is 6. The summed E-state index contributed by atoms with van der Waals surface area (Å²) in [6.07, 6.45) is 4.19. The second-order valence-corrected chi connectivity index (χ2v) is 8.29. The van der Waals surface area contributed by atoms with Crippen molar-refractivity contribution in [3.63, 3.8) is 0 Å². The van der Waals surface area contributed by atoms with Crippen LogP contribution in [0, 0.1) is 0 Å². The zero-order valence-corrected chi connectivity index (χ0v) is 19.0. The first-order valence-electron chi connectivity index (χ1n) is 11.2. The topological polar surface area (TPSA) is 79.6 Å². The number of pyridine rings is 1. The van der Waals surface area contributed by atoms with Gasteiger partial charge < -0.3 is 24.7 Å². The van der Waals surface area contributed by atoms with E-state index in [2.05, 4.69) is 30.5 Å². The van der Waals surface area contributed by atoms with Crippen molar-refractivity contribution >= 4 is 34.6 Å². The van der Waals surface area contributed by atoms with Gasteiger partial charge in [0, 0.05) is 61.3 Å². The van der Waals surface area contributed by atoms with Crippen molar-refractivity contribution in [1.82, 2.24) is 19.4 Å². The minimum atomic E-state index is -4.51. The number of ether oxygens (including phenoxy) is 1. The van der Waals surface area contributed by atoms with Gasteiger partial charge in [0.05, 0.1) is 12.7 Å². The summed E-state index contributed by atoms with van der Waals surface area (Å²) < 4.78 is 47.1. The van der Waals surface area contributed by atoms with Gasteiger partial charge in [0.15, 0.2) is 0 Å². The van der Waals surface area contributed by atoms with Gasteiger partial charge in [-0.25, -0.2) is 4.98 Å². The van der Waals surface area contributed by atoms with Crippen LogP contribution in [0.3, 0.4) is 0 Å². The van der Waals surface area contributed by atoms with E-state index in [1.807, 2.05) is 35.0 Å². The summed E-state index contributed by atoms with van der Waals surface area (Å²) in [5.41, 5.74) is 0.906. The Hall–Kier alpha value is -4.02. The number of alkyl halides is 3. The van der Waals surface area contributed by atoms with Crippen LogP contribution in [0.2, 0.25) is 0 Å². The molecule has 5 rings (SSSR count). The molecule has 1 saturated heterocycles. The van der Waals surface area contributed by atoms with Crippen LogP contribution in [0.1, 0.15) is 24.8 Å². The molecule has 1 aliphatic rings. The van der Waals surface area contributed by atoms with Crippen LogP contribution in [0.5, 0.6) is 5.75 Å². The molecule has 0 unspecified atom stereocenters. The van der Waals surface area contributed by atoms with E-state index in [0.717, 1.165) is 55.8 Å². The maximum atomic E-state index is 13.4. The Balaban J connectivity index is 1.49.